The first-order chi connectivity index (χ1) is 23.1. The van der Waals surface area contributed by atoms with Gasteiger partial charge in [-0.05, 0) is 54.7 Å². The predicted molar refractivity (Wildman–Crippen MR) is 181 cm³/mol. The van der Waals surface area contributed by atoms with E-state index in [1.165, 1.54) is 94.5 Å². The van der Waals surface area contributed by atoms with E-state index in [1.807, 2.05) is 0 Å². The number of esters is 1. The molecule has 1 N–H and O–H groups in total. The van der Waals surface area contributed by atoms with Crippen LogP contribution in [0.5, 0.6) is 5.75 Å². The number of carboxylic acids is 1. The minimum atomic E-state index is -4.67. The zero-order valence-electron chi connectivity index (χ0n) is 28.2. The summed E-state index contributed by atoms with van der Waals surface area (Å²) in [5, 5.41) is 9.80. The molecule has 48 heavy (non-hydrogen) atoms. The van der Waals surface area contributed by atoms with Crippen LogP contribution >= 0.6 is 0 Å². The molecule has 0 spiro atoms. The number of benzene rings is 2. The van der Waals surface area contributed by atoms with E-state index in [2.05, 4.69) is 16.9 Å². The molecule has 0 amide bonds. The van der Waals surface area contributed by atoms with Gasteiger partial charge < -0.3 is 14.6 Å². The molecule has 7 nitrogen and oxygen atoms in total. The van der Waals surface area contributed by atoms with Crippen molar-refractivity contribution in [3.63, 3.8) is 0 Å². The molecule has 0 aliphatic carbocycles. The number of hydrogen-bond donors (Lipinski definition) is 1. The number of hydrogen-bond acceptors (Lipinski definition) is 6. The Morgan fingerprint density at radius 2 is 1.29 bits per heavy atom. The summed E-state index contributed by atoms with van der Waals surface area (Å²) in [5.74, 6) is -1.33. The molecule has 0 saturated heterocycles. The molecule has 0 bridgehead atoms. The summed E-state index contributed by atoms with van der Waals surface area (Å²) in [5.41, 5.74) is 1.29. The zero-order chi connectivity index (χ0) is 34.8. The summed E-state index contributed by atoms with van der Waals surface area (Å²) in [6.07, 6.45) is 12.0. The minimum Gasteiger partial charge on any atom is -0.490 e. The van der Waals surface area contributed by atoms with Gasteiger partial charge in [-0.3, -0.25) is 0 Å². The molecule has 262 valence electrons. The molecule has 0 radical (unpaired) electrons. The van der Waals surface area contributed by atoms with Gasteiger partial charge in [-0.25, -0.2) is 19.6 Å². The Labute approximate surface area is 282 Å². The molecule has 10 heteroatoms. The maximum atomic E-state index is 13.3. The van der Waals surface area contributed by atoms with E-state index in [-0.39, 0.29) is 24.0 Å². The molecule has 3 aromatic rings. The standard InChI is InChI=1S/C38H49F3N2O5/c1-3-5-7-8-9-10-11-12-13-14-15-16-24-47-31-26-42-35(43-27-31)30-22-23-32(36(44)45)33(25-30)28-18-20-29(21-19-28)37(46)48-34(17-6-4-2)38(39,40)41/h18-23,25-27,34H,3-17,24H2,1-2H3,(H,44,45)/t34-/m0/s1. The van der Waals surface area contributed by atoms with Gasteiger partial charge in [0.25, 0.3) is 0 Å². The third-order valence-corrected chi connectivity index (χ3v) is 8.27. The smallest absolute Gasteiger partial charge is 0.425 e. The van der Waals surface area contributed by atoms with Gasteiger partial charge >= 0.3 is 18.1 Å². The van der Waals surface area contributed by atoms with Crippen LogP contribution in [0.4, 0.5) is 13.2 Å². The number of ether oxygens (including phenoxy) is 2. The van der Waals surface area contributed by atoms with Gasteiger partial charge in [-0.2, -0.15) is 13.2 Å². The minimum absolute atomic E-state index is 0.00754. The van der Waals surface area contributed by atoms with E-state index in [9.17, 15) is 27.9 Å². The Morgan fingerprint density at radius 3 is 1.83 bits per heavy atom. The largest absolute Gasteiger partial charge is 0.490 e. The van der Waals surface area contributed by atoms with Gasteiger partial charge in [0, 0.05) is 5.56 Å². The number of aromatic carboxylic acids is 1. The van der Waals surface area contributed by atoms with Crippen LogP contribution in [0.2, 0.25) is 0 Å². The number of unbranched alkanes of at least 4 members (excludes halogenated alkanes) is 12. The molecular weight excluding hydrogens is 621 g/mol. The number of rotatable bonds is 22. The first-order valence-corrected chi connectivity index (χ1v) is 17.3. The van der Waals surface area contributed by atoms with Crippen LogP contribution in [0.15, 0.2) is 54.9 Å². The Balaban J connectivity index is 1.54. The van der Waals surface area contributed by atoms with Crippen molar-refractivity contribution in [2.45, 2.75) is 122 Å². The molecule has 1 atom stereocenters. The van der Waals surface area contributed by atoms with Crippen molar-refractivity contribution in [2.75, 3.05) is 6.61 Å². The summed E-state index contributed by atoms with van der Waals surface area (Å²) in [6.45, 7) is 4.58. The van der Waals surface area contributed by atoms with Crippen molar-refractivity contribution < 1.29 is 37.3 Å². The van der Waals surface area contributed by atoms with Crippen molar-refractivity contribution in [2.24, 2.45) is 0 Å². The van der Waals surface area contributed by atoms with Crippen molar-refractivity contribution in [3.05, 3.63) is 66.0 Å². The Bertz CT molecular complexity index is 1390. The molecule has 0 unspecified atom stereocenters. The van der Waals surface area contributed by atoms with Crippen molar-refractivity contribution >= 4 is 11.9 Å². The lowest BCUT2D eigenvalue weighted by molar-refractivity contribution is -0.206. The van der Waals surface area contributed by atoms with E-state index >= 15 is 0 Å². The highest BCUT2D eigenvalue weighted by molar-refractivity contribution is 5.97. The first kappa shape index (κ1) is 38.5. The second kappa shape index (κ2) is 20.4. The molecule has 0 fully saturated rings. The predicted octanol–water partition coefficient (Wildman–Crippen LogP) is 10.9. The van der Waals surface area contributed by atoms with Crippen LogP contribution in [0.25, 0.3) is 22.5 Å². The highest BCUT2D eigenvalue weighted by Gasteiger charge is 2.42. The molecule has 0 saturated carbocycles. The summed E-state index contributed by atoms with van der Waals surface area (Å²) in [7, 11) is 0. The van der Waals surface area contributed by atoms with E-state index in [1.54, 1.807) is 31.5 Å². The van der Waals surface area contributed by atoms with E-state index in [4.69, 9.17) is 9.47 Å². The molecule has 3 rings (SSSR count). The van der Waals surface area contributed by atoms with Crippen LogP contribution in [0.3, 0.4) is 0 Å². The summed E-state index contributed by atoms with van der Waals surface area (Å²) >= 11 is 0. The third kappa shape index (κ3) is 12.9. The van der Waals surface area contributed by atoms with Crippen molar-refractivity contribution in [1.82, 2.24) is 9.97 Å². The average molecular weight is 671 g/mol. The highest BCUT2D eigenvalue weighted by Crippen LogP contribution is 2.31. The fourth-order valence-corrected chi connectivity index (χ4v) is 5.44. The summed E-state index contributed by atoms with van der Waals surface area (Å²) in [6, 6.07) is 10.3. The topological polar surface area (TPSA) is 98.6 Å². The monoisotopic (exact) mass is 670 g/mol. The second-order valence-corrected chi connectivity index (χ2v) is 12.2. The average Bonchev–Trinajstić information content (AvgIpc) is 3.08. The number of alkyl halides is 3. The number of carboxylic acid groups (broad SMARTS) is 1. The van der Waals surface area contributed by atoms with Gasteiger partial charge in [0.05, 0.1) is 30.1 Å². The maximum absolute atomic E-state index is 13.3. The van der Waals surface area contributed by atoms with Gasteiger partial charge in [-0.15, -0.1) is 0 Å². The summed E-state index contributed by atoms with van der Waals surface area (Å²) < 4.78 is 50.6. The van der Waals surface area contributed by atoms with Gasteiger partial charge in [-0.1, -0.05) is 109 Å². The number of carbonyl (C=O) groups is 2. The first-order valence-electron chi connectivity index (χ1n) is 17.3. The Kier molecular flexibility index (Phi) is 16.4. The zero-order valence-corrected chi connectivity index (χ0v) is 28.2. The Morgan fingerprint density at radius 1 is 0.750 bits per heavy atom. The number of carbonyl (C=O) groups excluding carboxylic acids is 1. The van der Waals surface area contributed by atoms with Crippen LogP contribution in [-0.4, -0.2) is 45.9 Å². The fourth-order valence-electron chi connectivity index (χ4n) is 5.44. The second-order valence-electron chi connectivity index (χ2n) is 12.2. The van der Waals surface area contributed by atoms with Crippen LogP contribution in [0.1, 0.15) is 131 Å². The normalized spacial score (nSPS) is 12.1. The van der Waals surface area contributed by atoms with Crippen LogP contribution in [-0.2, 0) is 4.74 Å². The Hall–Kier alpha value is -3.95. The van der Waals surface area contributed by atoms with Gasteiger partial charge in [0.15, 0.2) is 17.7 Å². The molecule has 0 aliphatic rings. The lowest BCUT2D eigenvalue weighted by Crippen LogP contribution is -2.33. The molecular formula is C38H49F3N2O5. The van der Waals surface area contributed by atoms with Crippen LogP contribution in [0, 0.1) is 0 Å². The lowest BCUT2D eigenvalue weighted by atomic mass is 9.96. The molecule has 1 heterocycles. The SMILES string of the molecule is CCCCCCCCCCCCCCOc1cnc(-c2ccc(C(=O)O)c(-c3ccc(C(=O)O[C@@H](CCCC)C(F)(F)F)cc3)c2)nc1. The lowest BCUT2D eigenvalue weighted by Gasteiger charge is -2.20. The van der Waals surface area contributed by atoms with E-state index in [0.717, 1.165) is 12.8 Å². The van der Waals surface area contributed by atoms with Gasteiger partial charge in [0.1, 0.15) is 0 Å². The fraction of sp³-hybridized carbons (Fsp3) is 0.526. The quantitative estimate of drug-likeness (QED) is 0.0839. The van der Waals surface area contributed by atoms with E-state index in [0.29, 0.717) is 41.3 Å². The number of halogens is 3. The molecule has 0 aliphatic heterocycles. The summed E-state index contributed by atoms with van der Waals surface area (Å²) in [4.78, 5) is 33.3. The molecule has 2 aromatic carbocycles. The van der Waals surface area contributed by atoms with E-state index < -0.39 is 24.2 Å². The maximum Gasteiger partial charge on any atom is 0.425 e. The highest BCUT2D eigenvalue weighted by atomic mass is 19.4. The van der Waals surface area contributed by atoms with Crippen molar-refractivity contribution in [1.29, 1.82) is 0 Å². The third-order valence-electron chi connectivity index (χ3n) is 8.27. The van der Waals surface area contributed by atoms with Gasteiger partial charge in [0.2, 0.25) is 0 Å². The van der Waals surface area contributed by atoms with Crippen molar-refractivity contribution in [3.8, 4) is 28.3 Å². The van der Waals surface area contributed by atoms with Crippen LogP contribution < -0.4 is 4.74 Å². The number of nitrogens with zero attached hydrogens (tertiary/aromatic N) is 2. The molecule has 1 aromatic heterocycles. The number of aromatic nitrogens is 2.